The number of sulfonamides is 1. The van der Waals surface area contributed by atoms with Gasteiger partial charge in [-0.3, -0.25) is 4.90 Å². The molecule has 0 N–H and O–H groups in total. The maximum Gasteiger partial charge on any atom is 0.219 e. The van der Waals surface area contributed by atoms with Crippen molar-refractivity contribution in [3.63, 3.8) is 0 Å². The van der Waals surface area contributed by atoms with E-state index in [2.05, 4.69) is 10.8 Å². The Morgan fingerprint density at radius 3 is 2.56 bits per heavy atom. The number of hydrogen-bond acceptors (Lipinski definition) is 4. The van der Waals surface area contributed by atoms with Crippen LogP contribution in [-0.4, -0.2) is 68.8 Å². The summed E-state index contributed by atoms with van der Waals surface area (Å²) in [6, 6.07) is 0. The van der Waals surface area contributed by atoms with Crippen molar-refractivity contribution in [3.8, 4) is 12.3 Å². The topological polar surface area (TPSA) is 49.9 Å². The lowest BCUT2D eigenvalue weighted by molar-refractivity contribution is 0.186. The molecule has 102 valence electrons. The number of nitrogens with zero attached hydrogens (tertiary/aromatic N) is 2. The molecule has 0 radical (unpaired) electrons. The molecule has 2 rings (SSSR count). The maximum absolute atomic E-state index is 12.3. The predicted octanol–water partition coefficient (Wildman–Crippen LogP) is -0.254. The summed E-state index contributed by atoms with van der Waals surface area (Å²) in [5.41, 5.74) is 0. The van der Waals surface area contributed by atoms with Gasteiger partial charge in [-0.2, -0.15) is 4.31 Å². The van der Waals surface area contributed by atoms with Gasteiger partial charge >= 0.3 is 0 Å². The summed E-state index contributed by atoms with van der Waals surface area (Å²) < 4.78 is 31.4. The number of rotatable bonds is 4. The first-order valence-electron chi connectivity index (χ1n) is 6.37. The molecule has 0 aromatic carbocycles. The minimum Gasteiger partial charge on any atom is -0.380 e. The second-order valence-electron chi connectivity index (χ2n) is 4.73. The third kappa shape index (κ3) is 3.04. The first kappa shape index (κ1) is 13.8. The Balaban J connectivity index is 1.87. The second-order valence-corrected chi connectivity index (χ2v) is 6.94. The van der Waals surface area contributed by atoms with Crippen LogP contribution in [0.4, 0.5) is 0 Å². The number of terminal acetylenes is 1. The van der Waals surface area contributed by atoms with Crippen molar-refractivity contribution in [2.75, 3.05) is 45.9 Å². The Morgan fingerprint density at radius 2 is 2.00 bits per heavy atom. The molecule has 18 heavy (non-hydrogen) atoms. The monoisotopic (exact) mass is 272 g/mol. The fraction of sp³-hybridized carbons (Fsp3) is 0.833. The summed E-state index contributed by atoms with van der Waals surface area (Å²) in [4.78, 5) is 2.22. The van der Waals surface area contributed by atoms with Gasteiger partial charge in [-0.25, -0.2) is 8.42 Å². The van der Waals surface area contributed by atoms with E-state index in [4.69, 9.17) is 11.2 Å². The molecule has 1 atom stereocenters. The van der Waals surface area contributed by atoms with Gasteiger partial charge in [-0.15, -0.1) is 12.3 Å². The molecule has 0 aliphatic carbocycles. The molecule has 0 unspecified atom stereocenters. The zero-order chi connectivity index (χ0) is 13.0. The minimum absolute atomic E-state index is 0.338. The van der Waals surface area contributed by atoms with Crippen molar-refractivity contribution in [3.05, 3.63) is 0 Å². The zero-order valence-corrected chi connectivity index (χ0v) is 11.4. The van der Waals surface area contributed by atoms with E-state index in [0.717, 1.165) is 26.1 Å². The molecule has 6 heteroatoms. The molecule has 2 fully saturated rings. The van der Waals surface area contributed by atoms with E-state index in [1.165, 1.54) is 0 Å². The Bertz CT molecular complexity index is 402. The maximum atomic E-state index is 12.3. The summed E-state index contributed by atoms with van der Waals surface area (Å²) >= 11 is 0. The summed E-state index contributed by atoms with van der Waals surface area (Å²) in [6.45, 7) is 4.46. The van der Waals surface area contributed by atoms with E-state index < -0.39 is 10.0 Å². The highest BCUT2D eigenvalue weighted by Gasteiger charge is 2.36. The molecule has 2 saturated heterocycles. The Labute approximate surface area is 109 Å². The van der Waals surface area contributed by atoms with Crippen LogP contribution in [0.25, 0.3) is 0 Å². The summed E-state index contributed by atoms with van der Waals surface area (Å²) in [7, 11) is -3.16. The van der Waals surface area contributed by atoms with Gasteiger partial charge < -0.3 is 4.74 Å². The average molecular weight is 272 g/mol. The quantitative estimate of drug-likeness (QED) is 0.662. The Morgan fingerprint density at radius 1 is 1.28 bits per heavy atom. The van der Waals surface area contributed by atoms with Crippen molar-refractivity contribution < 1.29 is 13.2 Å². The van der Waals surface area contributed by atoms with Gasteiger partial charge in [0.25, 0.3) is 0 Å². The molecule has 0 aromatic heterocycles. The SMILES string of the molecule is C#CCCN1CCN(S(=O)(=O)[C@@H]2CCOC2)CC1. The first-order chi connectivity index (χ1) is 8.64. The van der Waals surface area contributed by atoms with Gasteiger partial charge in [-0.1, -0.05) is 0 Å². The van der Waals surface area contributed by atoms with Crippen LogP contribution in [0.2, 0.25) is 0 Å². The van der Waals surface area contributed by atoms with Crippen LogP contribution in [0.15, 0.2) is 0 Å². The van der Waals surface area contributed by atoms with Crippen LogP contribution < -0.4 is 0 Å². The fourth-order valence-corrected chi connectivity index (χ4v) is 4.15. The molecular weight excluding hydrogens is 252 g/mol. The lowest BCUT2D eigenvalue weighted by Gasteiger charge is -2.34. The van der Waals surface area contributed by atoms with Gasteiger partial charge in [0, 0.05) is 45.8 Å². The summed E-state index contributed by atoms with van der Waals surface area (Å²) in [5.74, 6) is 2.61. The van der Waals surface area contributed by atoms with Crippen molar-refractivity contribution >= 4 is 10.0 Å². The van der Waals surface area contributed by atoms with Gasteiger partial charge in [0.1, 0.15) is 5.25 Å². The zero-order valence-electron chi connectivity index (χ0n) is 10.5. The summed E-state index contributed by atoms with van der Waals surface area (Å²) in [6.07, 6.45) is 6.58. The molecule has 0 aromatic rings. The minimum atomic E-state index is -3.16. The molecule has 5 nitrogen and oxygen atoms in total. The molecule has 2 aliphatic rings. The van der Waals surface area contributed by atoms with Gasteiger partial charge in [0.05, 0.1) is 6.61 Å². The molecule has 0 spiro atoms. The number of hydrogen-bond donors (Lipinski definition) is 0. The fourth-order valence-electron chi connectivity index (χ4n) is 2.39. The van der Waals surface area contributed by atoms with Crippen molar-refractivity contribution in [1.82, 2.24) is 9.21 Å². The van der Waals surface area contributed by atoms with E-state index in [0.29, 0.717) is 32.7 Å². The largest absolute Gasteiger partial charge is 0.380 e. The van der Waals surface area contributed by atoms with Crippen molar-refractivity contribution in [1.29, 1.82) is 0 Å². The predicted molar refractivity (Wildman–Crippen MR) is 69.6 cm³/mol. The van der Waals surface area contributed by atoms with E-state index in [-0.39, 0.29) is 5.25 Å². The third-order valence-corrected chi connectivity index (χ3v) is 5.87. The van der Waals surface area contributed by atoms with Crippen molar-refractivity contribution in [2.24, 2.45) is 0 Å². The van der Waals surface area contributed by atoms with E-state index >= 15 is 0 Å². The van der Waals surface area contributed by atoms with Crippen molar-refractivity contribution in [2.45, 2.75) is 18.1 Å². The van der Waals surface area contributed by atoms with Crippen LogP contribution in [0.3, 0.4) is 0 Å². The molecular formula is C12H20N2O3S. The van der Waals surface area contributed by atoms with Crippen LogP contribution in [0.1, 0.15) is 12.8 Å². The van der Waals surface area contributed by atoms with Gasteiger partial charge in [-0.05, 0) is 6.42 Å². The Hall–Kier alpha value is -0.610. The highest BCUT2D eigenvalue weighted by atomic mass is 32.2. The van der Waals surface area contributed by atoms with Gasteiger partial charge in [0.2, 0.25) is 10.0 Å². The molecule has 0 bridgehead atoms. The second kappa shape index (κ2) is 6.02. The standard InChI is InChI=1S/C12H20N2O3S/c1-2-3-5-13-6-8-14(9-7-13)18(15,16)12-4-10-17-11-12/h1,12H,3-11H2/t12-/m1/s1. The van der Waals surface area contributed by atoms with Crippen LogP contribution in [-0.2, 0) is 14.8 Å². The van der Waals surface area contributed by atoms with Gasteiger partial charge in [0.15, 0.2) is 0 Å². The van der Waals surface area contributed by atoms with E-state index in [1.54, 1.807) is 4.31 Å². The lowest BCUT2D eigenvalue weighted by Crippen LogP contribution is -2.51. The number of ether oxygens (including phenoxy) is 1. The Kier molecular flexibility index (Phi) is 4.62. The smallest absolute Gasteiger partial charge is 0.219 e. The molecule has 0 amide bonds. The number of piperazine rings is 1. The van der Waals surface area contributed by atoms with E-state index in [1.807, 2.05) is 0 Å². The highest BCUT2D eigenvalue weighted by Crippen LogP contribution is 2.19. The normalized spacial score (nSPS) is 27.2. The lowest BCUT2D eigenvalue weighted by atomic mass is 10.3. The van der Waals surface area contributed by atoms with Crippen LogP contribution in [0, 0.1) is 12.3 Å². The summed E-state index contributed by atoms with van der Waals surface area (Å²) in [5, 5.41) is -0.338. The van der Waals surface area contributed by atoms with Crippen LogP contribution in [0.5, 0.6) is 0 Å². The highest BCUT2D eigenvalue weighted by molar-refractivity contribution is 7.89. The first-order valence-corrected chi connectivity index (χ1v) is 7.87. The van der Waals surface area contributed by atoms with E-state index in [9.17, 15) is 8.42 Å². The third-order valence-electron chi connectivity index (χ3n) is 3.57. The average Bonchev–Trinajstić information content (AvgIpc) is 2.91. The van der Waals surface area contributed by atoms with Crippen LogP contribution >= 0.6 is 0 Å². The molecule has 2 heterocycles. The molecule has 2 aliphatic heterocycles. The molecule has 0 saturated carbocycles.